The molecule has 2 rings (SSSR count). The standard InChI is InChI=1S/C13H11FN4O2/c1-8-13(18(19)20)9(2)17(16-8)7-11-5-12(14)4-3-10(11)6-15/h3-5H,7H2,1-2H3. The van der Waals surface area contributed by atoms with E-state index in [1.54, 1.807) is 13.8 Å². The fourth-order valence-corrected chi connectivity index (χ4v) is 2.07. The van der Waals surface area contributed by atoms with E-state index in [1.807, 2.05) is 6.07 Å². The highest BCUT2D eigenvalue weighted by molar-refractivity contribution is 5.42. The Kier molecular flexibility index (Phi) is 3.48. The highest BCUT2D eigenvalue weighted by Gasteiger charge is 2.22. The van der Waals surface area contributed by atoms with Gasteiger partial charge in [0.1, 0.15) is 17.2 Å². The molecule has 6 nitrogen and oxygen atoms in total. The van der Waals surface area contributed by atoms with Crippen LogP contribution < -0.4 is 0 Å². The minimum Gasteiger partial charge on any atom is -0.258 e. The molecule has 1 aromatic heterocycles. The Morgan fingerprint density at radius 1 is 1.50 bits per heavy atom. The molecule has 0 saturated carbocycles. The number of nitrogens with zero attached hydrogens (tertiary/aromatic N) is 4. The van der Waals surface area contributed by atoms with E-state index in [-0.39, 0.29) is 12.2 Å². The topological polar surface area (TPSA) is 84.8 Å². The van der Waals surface area contributed by atoms with Crippen LogP contribution >= 0.6 is 0 Å². The summed E-state index contributed by atoms with van der Waals surface area (Å²) >= 11 is 0. The third-order valence-corrected chi connectivity index (χ3v) is 3.03. The second kappa shape index (κ2) is 5.09. The molecule has 0 bridgehead atoms. The molecule has 102 valence electrons. The first-order valence-electron chi connectivity index (χ1n) is 5.81. The van der Waals surface area contributed by atoms with Crippen LogP contribution in [0.4, 0.5) is 10.1 Å². The Morgan fingerprint density at radius 3 is 2.75 bits per heavy atom. The van der Waals surface area contributed by atoms with Crippen molar-refractivity contribution in [3.63, 3.8) is 0 Å². The highest BCUT2D eigenvalue weighted by atomic mass is 19.1. The van der Waals surface area contributed by atoms with Crippen molar-refractivity contribution >= 4 is 5.69 Å². The molecule has 2 aromatic rings. The minimum absolute atomic E-state index is 0.0556. The quantitative estimate of drug-likeness (QED) is 0.635. The highest BCUT2D eigenvalue weighted by Crippen LogP contribution is 2.23. The van der Waals surface area contributed by atoms with Gasteiger partial charge in [0.15, 0.2) is 0 Å². The maximum absolute atomic E-state index is 13.3. The van der Waals surface area contributed by atoms with E-state index in [0.29, 0.717) is 22.5 Å². The van der Waals surface area contributed by atoms with E-state index in [0.717, 1.165) is 0 Å². The number of aromatic nitrogens is 2. The summed E-state index contributed by atoms with van der Waals surface area (Å²) < 4.78 is 14.7. The molecule has 0 N–H and O–H groups in total. The SMILES string of the molecule is Cc1nn(Cc2cc(F)ccc2C#N)c(C)c1[N+](=O)[O-]. The Labute approximate surface area is 114 Å². The summed E-state index contributed by atoms with van der Waals surface area (Å²) in [5.74, 6) is -0.463. The second-order valence-electron chi connectivity index (χ2n) is 4.35. The molecule has 1 heterocycles. The van der Waals surface area contributed by atoms with Gasteiger partial charge in [-0.3, -0.25) is 14.8 Å². The van der Waals surface area contributed by atoms with Gasteiger partial charge in [-0.05, 0) is 37.6 Å². The van der Waals surface area contributed by atoms with Gasteiger partial charge in [-0.2, -0.15) is 10.4 Å². The first-order chi connectivity index (χ1) is 9.43. The van der Waals surface area contributed by atoms with Crippen molar-refractivity contribution < 1.29 is 9.31 Å². The first kappa shape index (κ1) is 13.7. The Bertz CT molecular complexity index is 731. The molecule has 0 unspecified atom stereocenters. The second-order valence-corrected chi connectivity index (χ2v) is 4.35. The lowest BCUT2D eigenvalue weighted by molar-refractivity contribution is -0.386. The lowest BCUT2D eigenvalue weighted by Gasteiger charge is -2.06. The van der Waals surface area contributed by atoms with Crippen molar-refractivity contribution in [2.75, 3.05) is 0 Å². The maximum atomic E-state index is 13.3. The van der Waals surface area contributed by atoms with Crippen molar-refractivity contribution in [2.45, 2.75) is 20.4 Å². The van der Waals surface area contributed by atoms with Crippen LogP contribution in [0.1, 0.15) is 22.5 Å². The van der Waals surface area contributed by atoms with Gasteiger partial charge in [-0.25, -0.2) is 4.39 Å². The molecule has 0 aliphatic heterocycles. The van der Waals surface area contributed by atoms with Crippen LogP contribution in [-0.2, 0) is 6.54 Å². The van der Waals surface area contributed by atoms with E-state index in [4.69, 9.17) is 5.26 Å². The van der Waals surface area contributed by atoms with Gasteiger partial charge in [-0.15, -0.1) is 0 Å². The number of rotatable bonds is 3. The smallest absolute Gasteiger partial charge is 0.258 e. The summed E-state index contributed by atoms with van der Waals surface area (Å²) in [5.41, 5.74) is 1.37. The van der Waals surface area contributed by atoms with Crippen molar-refractivity contribution in [1.82, 2.24) is 9.78 Å². The molecule has 0 amide bonds. The van der Waals surface area contributed by atoms with Gasteiger partial charge < -0.3 is 0 Å². The summed E-state index contributed by atoms with van der Waals surface area (Å²) in [6.07, 6.45) is 0. The zero-order valence-electron chi connectivity index (χ0n) is 10.9. The van der Waals surface area contributed by atoms with Gasteiger partial charge >= 0.3 is 5.69 Å². The molecule has 0 atom stereocenters. The zero-order chi connectivity index (χ0) is 14.9. The van der Waals surface area contributed by atoms with E-state index in [1.165, 1.54) is 22.9 Å². The normalized spacial score (nSPS) is 10.3. The Morgan fingerprint density at radius 2 is 2.20 bits per heavy atom. The van der Waals surface area contributed by atoms with Crippen LogP contribution in [0.2, 0.25) is 0 Å². The average Bonchev–Trinajstić information content (AvgIpc) is 2.64. The van der Waals surface area contributed by atoms with Crippen molar-refractivity contribution in [2.24, 2.45) is 0 Å². The molecule has 0 fully saturated rings. The van der Waals surface area contributed by atoms with E-state index in [9.17, 15) is 14.5 Å². The third kappa shape index (κ3) is 2.36. The van der Waals surface area contributed by atoms with Gasteiger partial charge in [0, 0.05) is 0 Å². The summed E-state index contributed by atoms with van der Waals surface area (Å²) in [6.45, 7) is 3.23. The van der Waals surface area contributed by atoms with Crippen molar-refractivity contribution in [3.8, 4) is 6.07 Å². The van der Waals surface area contributed by atoms with Crippen LogP contribution in [-0.4, -0.2) is 14.7 Å². The van der Waals surface area contributed by atoms with Gasteiger partial charge in [0.2, 0.25) is 0 Å². The molecule has 0 spiro atoms. The van der Waals surface area contributed by atoms with Crippen LogP contribution in [0, 0.1) is 41.1 Å². The number of aryl methyl sites for hydroxylation is 1. The molecule has 0 aliphatic rings. The van der Waals surface area contributed by atoms with Crippen LogP contribution in [0.3, 0.4) is 0 Å². The summed E-state index contributed by atoms with van der Waals surface area (Å²) in [4.78, 5) is 10.4. The summed E-state index contributed by atoms with van der Waals surface area (Å²) in [7, 11) is 0. The van der Waals surface area contributed by atoms with E-state index >= 15 is 0 Å². The molecular weight excluding hydrogens is 263 g/mol. The van der Waals surface area contributed by atoms with Crippen LogP contribution in [0.15, 0.2) is 18.2 Å². The number of hydrogen-bond donors (Lipinski definition) is 0. The van der Waals surface area contributed by atoms with Gasteiger partial charge in [0.25, 0.3) is 0 Å². The van der Waals surface area contributed by atoms with Crippen molar-refractivity contribution in [3.05, 3.63) is 56.6 Å². The summed E-state index contributed by atoms with van der Waals surface area (Å²) in [5, 5.41) is 24.0. The van der Waals surface area contributed by atoms with Crippen LogP contribution in [0.25, 0.3) is 0 Å². The van der Waals surface area contributed by atoms with Gasteiger partial charge in [-0.1, -0.05) is 0 Å². The van der Waals surface area contributed by atoms with Gasteiger partial charge in [0.05, 0.1) is 23.1 Å². The molecule has 0 radical (unpaired) electrons. The predicted molar refractivity (Wildman–Crippen MR) is 68.6 cm³/mol. The molecular formula is C13H11FN4O2. The fourth-order valence-electron chi connectivity index (χ4n) is 2.07. The van der Waals surface area contributed by atoms with E-state index < -0.39 is 10.7 Å². The minimum atomic E-state index is -0.495. The molecule has 1 aromatic carbocycles. The maximum Gasteiger partial charge on any atom is 0.312 e. The number of halogens is 1. The number of nitro groups is 1. The van der Waals surface area contributed by atoms with Crippen LogP contribution in [0.5, 0.6) is 0 Å². The van der Waals surface area contributed by atoms with E-state index in [2.05, 4.69) is 5.10 Å². The number of hydrogen-bond acceptors (Lipinski definition) is 4. The molecule has 7 heteroatoms. The Hall–Kier alpha value is -2.75. The van der Waals surface area contributed by atoms with Crippen molar-refractivity contribution in [1.29, 1.82) is 5.26 Å². The monoisotopic (exact) mass is 274 g/mol. The Balaban J connectivity index is 2.46. The molecule has 0 aliphatic carbocycles. The third-order valence-electron chi connectivity index (χ3n) is 3.03. The number of benzene rings is 1. The zero-order valence-corrected chi connectivity index (χ0v) is 10.9. The number of nitriles is 1. The molecule has 20 heavy (non-hydrogen) atoms. The lowest BCUT2D eigenvalue weighted by Crippen LogP contribution is -2.06. The fraction of sp³-hybridized carbons (Fsp3) is 0.231. The largest absolute Gasteiger partial charge is 0.312 e. The predicted octanol–water partition coefficient (Wildman–Crippen LogP) is 2.47. The molecule has 0 saturated heterocycles. The lowest BCUT2D eigenvalue weighted by atomic mass is 10.1. The summed E-state index contributed by atoms with van der Waals surface area (Å²) in [6, 6.07) is 5.78. The average molecular weight is 274 g/mol. The first-order valence-corrected chi connectivity index (χ1v) is 5.81.